The topological polar surface area (TPSA) is 92.7 Å². The molecule has 0 unspecified atom stereocenters. The standard InChI is InChI=1S/C28H37NO5S/c1-4-5-6-7-8-9-10-11-12-13-14-23-19-22(2)27(26(20-23)28(30)31)29-21-35(32,33)25-17-15-24(34-3)16-18-25/h15-20,29H,4-12,21H2,1-3H3,(H,30,31). The molecule has 0 amide bonds. The molecule has 7 heteroatoms. The van der Waals surface area contributed by atoms with Crippen molar-refractivity contribution in [2.75, 3.05) is 18.3 Å². The number of aryl methyl sites for hydroxylation is 1. The molecule has 0 atom stereocenters. The number of nitrogens with one attached hydrogen (secondary N) is 1. The average Bonchev–Trinajstić information content (AvgIpc) is 2.84. The predicted molar refractivity (Wildman–Crippen MR) is 141 cm³/mol. The molecule has 0 radical (unpaired) electrons. The number of sulfone groups is 1. The van der Waals surface area contributed by atoms with E-state index in [1.807, 2.05) is 0 Å². The van der Waals surface area contributed by atoms with Crippen LogP contribution in [0.15, 0.2) is 41.3 Å². The van der Waals surface area contributed by atoms with Crippen LogP contribution in [0.2, 0.25) is 0 Å². The van der Waals surface area contributed by atoms with Crippen molar-refractivity contribution >= 4 is 21.5 Å². The monoisotopic (exact) mass is 499 g/mol. The quantitative estimate of drug-likeness (QED) is 0.230. The van der Waals surface area contributed by atoms with E-state index in [4.69, 9.17) is 4.74 Å². The molecule has 2 rings (SSSR count). The summed E-state index contributed by atoms with van der Waals surface area (Å²) in [4.78, 5) is 12.0. The second kappa shape index (κ2) is 14.4. The summed E-state index contributed by atoms with van der Waals surface area (Å²) in [6, 6.07) is 9.36. The minimum Gasteiger partial charge on any atom is -0.497 e. The van der Waals surface area contributed by atoms with Crippen LogP contribution in [0, 0.1) is 18.8 Å². The highest BCUT2D eigenvalue weighted by molar-refractivity contribution is 7.91. The number of anilines is 1. The van der Waals surface area contributed by atoms with Gasteiger partial charge in [-0.15, -0.1) is 0 Å². The molecule has 6 nitrogen and oxygen atoms in total. The average molecular weight is 500 g/mol. The number of carbonyl (C=O) groups is 1. The number of unbranched alkanes of at least 4 members (excludes halogenated alkanes) is 8. The van der Waals surface area contributed by atoms with Gasteiger partial charge < -0.3 is 15.2 Å². The smallest absolute Gasteiger partial charge is 0.337 e. The predicted octanol–water partition coefficient (Wildman–Crippen LogP) is 6.43. The molecular weight excluding hydrogens is 462 g/mol. The largest absolute Gasteiger partial charge is 0.497 e. The second-order valence-electron chi connectivity index (χ2n) is 8.66. The number of rotatable bonds is 14. The van der Waals surface area contributed by atoms with Gasteiger partial charge in [-0.1, -0.05) is 63.7 Å². The number of carboxylic acid groups (broad SMARTS) is 1. The number of hydrogen-bond donors (Lipinski definition) is 2. The summed E-state index contributed by atoms with van der Waals surface area (Å²) in [5.41, 5.74) is 1.53. The van der Waals surface area contributed by atoms with E-state index >= 15 is 0 Å². The molecule has 2 aromatic carbocycles. The third kappa shape index (κ3) is 9.29. The van der Waals surface area contributed by atoms with Crippen molar-refractivity contribution in [2.24, 2.45) is 0 Å². The molecule has 2 N–H and O–H groups in total. The number of benzene rings is 2. The second-order valence-corrected chi connectivity index (χ2v) is 10.6. The van der Waals surface area contributed by atoms with Crippen molar-refractivity contribution in [1.29, 1.82) is 0 Å². The molecule has 0 bridgehead atoms. The number of carboxylic acids is 1. The summed E-state index contributed by atoms with van der Waals surface area (Å²) in [5.74, 6) is 5.20. The number of aromatic carboxylic acids is 1. The van der Waals surface area contributed by atoms with E-state index in [0.717, 1.165) is 19.3 Å². The van der Waals surface area contributed by atoms with Crippen LogP contribution in [0.5, 0.6) is 5.75 Å². The third-order valence-electron chi connectivity index (χ3n) is 5.81. The molecule has 0 aliphatic carbocycles. The summed E-state index contributed by atoms with van der Waals surface area (Å²) >= 11 is 0. The van der Waals surface area contributed by atoms with Crippen LogP contribution < -0.4 is 10.1 Å². The lowest BCUT2D eigenvalue weighted by Gasteiger charge is -2.14. The first-order valence-corrected chi connectivity index (χ1v) is 13.9. The molecule has 0 saturated heterocycles. The molecule has 0 aromatic heterocycles. The Bertz CT molecular complexity index is 1130. The van der Waals surface area contributed by atoms with Crippen LogP contribution in [-0.2, 0) is 9.84 Å². The van der Waals surface area contributed by atoms with E-state index in [1.165, 1.54) is 63.8 Å². The summed E-state index contributed by atoms with van der Waals surface area (Å²) < 4.78 is 30.5. The molecular formula is C28H37NO5S. The van der Waals surface area contributed by atoms with Crippen LogP contribution >= 0.6 is 0 Å². The molecule has 0 aliphatic heterocycles. The molecule has 190 valence electrons. The van der Waals surface area contributed by atoms with Crippen LogP contribution in [0.25, 0.3) is 0 Å². The summed E-state index contributed by atoms with van der Waals surface area (Å²) in [6.07, 6.45) is 10.7. The SMILES string of the molecule is CCCCCCCCCCC#Cc1cc(C)c(NCS(=O)(=O)c2ccc(OC)cc2)c(C(=O)O)c1. The third-order valence-corrected chi connectivity index (χ3v) is 7.33. The van der Waals surface area contributed by atoms with Gasteiger partial charge in [-0.25, -0.2) is 13.2 Å². The van der Waals surface area contributed by atoms with Crippen molar-refractivity contribution in [3.05, 3.63) is 53.1 Å². The zero-order chi connectivity index (χ0) is 25.7. The zero-order valence-corrected chi connectivity index (χ0v) is 21.8. The molecule has 0 fully saturated rings. The van der Waals surface area contributed by atoms with Gasteiger partial charge in [0.05, 0.1) is 23.3 Å². The molecule has 0 aliphatic rings. The maximum Gasteiger partial charge on any atom is 0.337 e. The Labute approximate surface area is 210 Å². The lowest BCUT2D eigenvalue weighted by atomic mass is 10.0. The van der Waals surface area contributed by atoms with E-state index in [1.54, 1.807) is 25.1 Å². The first kappa shape index (κ1) is 28.3. The van der Waals surface area contributed by atoms with Crippen LogP contribution in [0.4, 0.5) is 5.69 Å². The van der Waals surface area contributed by atoms with Gasteiger partial charge in [0, 0.05) is 12.0 Å². The van der Waals surface area contributed by atoms with Gasteiger partial charge in [-0.3, -0.25) is 0 Å². The van der Waals surface area contributed by atoms with Crippen molar-refractivity contribution in [1.82, 2.24) is 0 Å². The number of ether oxygens (including phenoxy) is 1. The van der Waals surface area contributed by atoms with Crippen molar-refractivity contribution in [3.8, 4) is 17.6 Å². The van der Waals surface area contributed by atoms with Crippen molar-refractivity contribution in [3.63, 3.8) is 0 Å². The fourth-order valence-corrected chi connectivity index (χ4v) is 4.86. The van der Waals surface area contributed by atoms with Gasteiger partial charge in [0.1, 0.15) is 11.6 Å². The van der Waals surface area contributed by atoms with E-state index in [0.29, 0.717) is 16.9 Å². The maximum atomic E-state index is 12.7. The Hall–Kier alpha value is -2.98. The molecule has 35 heavy (non-hydrogen) atoms. The van der Waals surface area contributed by atoms with Gasteiger partial charge >= 0.3 is 5.97 Å². The van der Waals surface area contributed by atoms with Crippen LogP contribution in [-0.4, -0.2) is 32.5 Å². The highest BCUT2D eigenvalue weighted by Gasteiger charge is 2.19. The van der Waals surface area contributed by atoms with E-state index in [-0.39, 0.29) is 16.1 Å². The minimum atomic E-state index is -3.67. The van der Waals surface area contributed by atoms with Crippen molar-refractivity contribution < 1.29 is 23.1 Å². The van der Waals surface area contributed by atoms with Gasteiger partial charge in [0.2, 0.25) is 0 Å². The lowest BCUT2D eigenvalue weighted by Crippen LogP contribution is -2.17. The van der Waals surface area contributed by atoms with Crippen LogP contribution in [0.1, 0.15) is 86.2 Å². The Morgan fingerprint density at radius 1 is 1.00 bits per heavy atom. The zero-order valence-electron chi connectivity index (χ0n) is 21.0. The maximum absolute atomic E-state index is 12.7. The van der Waals surface area contributed by atoms with Gasteiger partial charge in [0.15, 0.2) is 9.84 Å². The fourth-order valence-electron chi connectivity index (χ4n) is 3.81. The number of methoxy groups -OCH3 is 1. The van der Waals surface area contributed by atoms with E-state index in [9.17, 15) is 18.3 Å². The van der Waals surface area contributed by atoms with Gasteiger partial charge in [-0.2, -0.15) is 0 Å². The summed E-state index contributed by atoms with van der Waals surface area (Å²) in [6.45, 7) is 3.97. The highest BCUT2D eigenvalue weighted by Crippen LogP contribution is 2.24. The van der Waals surface area contributed by atoms with E-state index in [2.05, 4.69) is 24.1 Å². The normalized spacial score (nSPS) is 10.9. The van der Waals surface area contributed by atoms with Crippen molar-refractivity contribution in [2.45, 2.75) is 76.5 Å². The first-order chi connectivity index (χ1) is 16.8. The molecule has 0 spiro atoms. The Kier molecular flexibility index (Phi) is 11.6. The van der Waals surface area contributed by atoms with E-state index < -0.39 is 21.7 Å². The molecule has 2 aromatic rings. The van der Waals surface area contributed by atoms with Crippen LogP contribution in [0.3, 0.4) is 0 Å². The fraction of sp³-hybridized carbons (Fsp3) is 0.464. The molecule has 0 saturated carbocycles. The Morgan fingerprint density at radius 3 is 2.23 bits per heavy atom. The number of hydrogen-bond acceptors (Lipinski definition) is 5. The minimum absolute atomic E-state index is 0.00584. The van der Waals surface area contributed by atoms with Gasteiger partial charge in [-0.05, 0) is 55.3 Å². The lowest BCUT2D eigenvalue weighted by molar-refractivity contribution is 0.0697. The highest BCUT2D eigenvalue weighted by atomic mass is 32.2. The van der Waals surface area contributed by atoms with Gasteiger partial charge in [0.25, 0.3) is 0 Å². The molecule has 0 heterocycles. The first-order valence-electron chi connectivity index (χ1n) is 12.3. The Balaban J connectivity index is 1.99. The summed E-state index contributed by atoms with van der Waals surface area (Å²) in [7, 11) is -2.17. The summed E-state index contributed by atoms with van der Waals surface area (Å²) in [5, 5.41) is 12.5. The Morgan fingerprint density at radius 2 is 1.63 bits per heavy atom.